The summed E-state index contributed by atoms with van der Waals surface area (Å²) in [5.41, 5.74) is 0.814. The minimum absolute atomic E-state index is 0.202. The fraction of sp³-hybridized carbons (Fsp3) is 0.300. The highest BCUT2D eigenvalue weighted by Gasteiger charge is 2.07. The van der Waals surface area contributed by atoms with E-state index in [0.717, 1.165) is 10.9 Å². The van der Waals surface area contributed by atoms with E-state index in [1.807, 2.05) is 24.5 Å². The van der Waals surface area contributed by atoms with Crippen LogP contribution in [0.3, 0.4) is 0 Å². The van der Waals surface area contributed by atoms with Gasteiger partial charge in [-0.1, -0.05) is 22.0 Å². The molecule has 1 aromatic carbocycles. The Kier molecular flexibility index (Phi) is 5.48. The molecule has 0 aromatic heterocycles. The zero-order valence-corrected chi connectivity index (χ0v) is 12.3. The second-order valence-electron chi connectivity index (χ2n) is 2.71. The van der Waals surface area contributed by atoms with Gasteiger partial charge in [-0.3, -0.25) is 4.79 Å². The van der Waals surface area contributed by atoms with Gasteiger partial charge < -0.3 is 0 Å². The number of hydrogen-bond donors (Lipinski definition) is 0. The van der Waals surface area contributed by atoms with E-state index in [9.17, 15) is 4.79 Å². The van der Waals surface area contributed by atoms with E-state index in [1.54, 1.807) is 11.8 Å². The number of ketones is 1. The van der Waals surface area contributed by atoms with Crippen molar-refractivity contribution in [1.29, 1.82) is 0 Å². The first-order valence-electron chi connectivity index (χ1n) is 4.11. The summed E-state index contributed by atoms with van der Waals surface area (Å²) in [7, 11) is 0. The van der Waals surface area contributed by atoms with Crippen LogP contribution in [0.1, 0.15) is 16.8 Å². The second-order valence-corrected chi connectivity index (χ2v) is 5.51. The van der Waals surface area contributed by atoms with Gasteiger partial charge in [0.1, 0.15) is 0 Å². The number of hydrogen-bond acceptors (Lipinski definition) is 2. The molecule has 0 fully saturated rings. The van der Waals surface area contributed by atoms with E-state index in [0.29, 0.717) is 6.42 Å². The van der Waals surface area contributed by atoms with Crippen molar-refractivity contribution in [1.82, 2.24) is 0 Å². The van der Waals surface area contributed by atoms with Crippen LogP contribution in [0, 0.1) is 3.57 Å². The predicted octanol–water partition coefficient (Wildman–Crippen LogP) is 3.98. The molecule has 0 N–H and O–H groups in total. The Morgan fingerprint density at radius 2 is 2.29 bits per heavy atom. The number of benzene rings is 1. The van der Waals surface area contributed by atoms with Gasteiger partial charge >= 0.3 is 0 Å². The number of carbonyl (C=O) groups is 1. The number of thioether (sulfide) groups is 1. The summed E-state index contributed by atoms with van der Waals surface area (Å²) in [6.45, 7) is 0. The molecule has 1 rings (SSSR count). The van der Waals surface area contributed by atoms with Gasteiger partial charge in [-0.05, 0) is 41.0 Å². The molecule has 0 unspecified atom stereocenters. The topological polar surface area (TPSA) is 17.1 Å². The first kappa shape index (κ1) is 12.5. The SMILES string of the molecule is CSc1cc(C(=O)CCBr)ccc1I. The van der Waals surface area contributed by atoms with Crippen molar-refractivity contribution in [3.8, 4) is 0 Å². The number of carbonyl (C=O) groups excluding carboxylic acids is 1. The summed E-state index contributed by atoms with van der Waals surface area (Å²) >= 11 is 7.22. The van der Waals surface area contributed by atoms with Crippen LogP contribution in [0.2, 0.25) is 0 Å². The highest BCUT2D eigenvalue weighted by atomic mass is 127. The van der Waals surface area contributed by atoms with E-state index in [1.165, 1.54) is 8.47 Å². The molecule has 0 saturated carbocycles. The van der Waals surface area contributed by atoms with Crippen molar-refractivity contribution in [3.05, 3.63) is 27.3 Å². The zero-order chi connectivity index (χ0) is 10.6. The van der Waals surface area contributed by atoms with Gasteiger partial charge in [-0.15, -0.1) is 11.8 Å². The van der Waals surface area contributed by atoms with Crippen molar-refractivity contribution >= 4 is 56.1 Å². The summed E-state index contributed by atoms with van der Waals surface area (Å²) < 4.78 is 1.20. The Hall–Kier alpha value is 0.450. The lowest BCUT2D eigenvalue weighted by atomic mass is 10.1. The quantitative estimate of drug-likeness (QED) is 0.338. The molecule has 1 nitrogen and oxygen atoms in total. The first-order chi connectivity index (χ1) is 6.69. The van der Waals surface area contributed by atoms with E-state index < -0.39 is 0 Å². The maximum Gasteiger partial charge on any atom is 0.163 e. The minimum atomic E-state index is 0.202. The van der Waals surface area contributed by atoms with Gasteiger partial charge in [0.15, 0.2) is 5.78 Å². The van der Waals surface area contributed by atoms with Crippen molar-refractivity contribution in [2.75, 3.05) is 11.6 Å². The first-order valence-corrected chi connectivity index (χ1v) is 7.54. The van der Waals surface area contributed by atoms with Crippen LogP contribution in [-0.4, -0.2) is 17.4 Å². The highest BCUT2D eigenvalue weighted by molar-refractivity contribution is 14.1. The number of Topliss-reactive ketones (excluding diaryl/α,β-unsaturated/α-hetero) is 1. The predicted molar refractivity (Wildman–Crippen MR) is 73.7 cm³/mol. The van der Waals surface area contributed by atoms with Gasteiger partial charge in [-0.25, -0.2) is 0 Å². The number of alkyl halides is 1. The summed E-state index contributed by atoms with van der Waals surface area (Å²) in [6, 6.07) is 5.86. The lowest BCUT2D eigenvalue weighted by Crippen LogP contribution is -1.99. The fourth-order valence-electron chi connectivity index (χ4n) is 1.06. The molecule has 14 heavy (non-hydrogen) atoms. The summed E-state index contributed by atoms with van der Waals surface area (Å²) in [4.78, 5) is 12.8. The molecule has 0 bridgehead atoms. The molecule has 0 aliphatic carbocycles. The molecular formula is C10H10BrIOS. The molecule has 0 atom stereocenters. The average molecular weight is 385 g/mol. The average Bonchev–Trinajstić information content (AvgIpc) is 2.19. The van der Waals surface area contributed by atoms with Crippen molar-refractivity contribution in [2.24, 2.45) is 0 Å². The normalized spacial score (nSPS) is 10.2. The van der Waals surface area contributed by atoms with Crippen LogP contribution in [0.25, 0.3) is 0 Å². The van der Waals surface area contributed by atoms with E-state index >= 15 is 0 Å². The van der Waals surface area contributed by atoms with Crippen molar-refractivity contribution in [3.63, 3.8) is 0 Å². The molecule has 0 heterocycles. The third kappa shape index (κ3) is 3.24. The molecule has 4 heteroatoms. The molecule has 0 amide bonds. The third-order valence-corrected chi connectivity index (χ3v) is 4.28. The highest BCUT2D eigenvalue weighted by Crippen LogP contribution is 2.23. The van der Waals surface area contributed by atoms with Gasteiger partial charge in [0.05, 0.1) is 0 Å². The van der Waals surface area contributed by atoms with E-state index in [4.69, 9.17) is 0 Å². The molecule has 0 spiro atoms. The zero-order valence-electron chi connectivity index (χ0n) is 7.72. The monoisotopic (exact) mass is 384 g/mol. The van der Waals surface area contributed by atoms with Crippen LogP contribution < -0.4 is 0 Å². The maximum atomic E-state index is 11.6. The van der Waals surface area contributed by atoms with Gasteiger partial charge in [0.2, 0.25) is 0 Å². The molecule has 0 aliphatic rings. The number of rotatable bonds is 4. The third-order valence-electron chi connectivity index (χ3n) is 1.79. The number of halogens is 2. The fourth-order valence-corrected chi connectivity index (χ4v) is 2.93. The summed E-state index contributed by atoms with van der Waals surface area (Å²) in [5.74, 6) is 0.202. The van der Waals surface area contributed by atoms with Crippen LogP contribution in [0.5, 0.6) is 0 Å². The molecule has 76 valence electrons. The lowest BCUT2D eigenvalue weighted by molar-refractivity contribution is 0.0989. The van der Waals surface area contributed by atoms with Crippen molar-refractivity contribution in [2.45, 2.75) is 11.3 Å². The van der Waals surface area contributed by atoms with Gasteiger partial charge in [-0.2, -0.15) is 0 Å². The second kappa shape index (κ2) is 6.12. The van der Waals surface area contributed by atoms with Crippen LogP contribution in [-0.2, 0) is 0 Å². The summed E-state index contributed by atoms with van der Waals surface area (Å²) in [5, 5.41) is 0.729. The Morgan fingerprint density at radius 3 is 2.86 bits per heavy atom. The van der Waals surface area contributed by atoms with Crippen LogP contribution in [0.4, 0.5) is 0 Å². The van der Waals surface area contributed by atoms with Gasteiger partial charge in [0.25, 0.3) is 0 Å². The lowest BCUT2D eigenvalue weighted by Gasteiger charge is -2.03. The van der Waals surface area contributed by atoms with E-state index in [2.05, 4.69) is 38.5 Å². The van der Waals surface area contributed by atoms with Crippen molar-refractivity contribution < 1.29 is 4.79 Å². The molecule has 1 aromatic rings. The van der Waals surface area contributed by atoms with Gasteiger partial charge in [0, 0.05) is 25.8 Å². The molecule has 0 radical (unpaired) electrons. The minimum Gasteiger partial charge on any atom is -0.294 e. The standard InChI is InChI=1S/C10H10BrIOS/c1-14-10-6-7(2-3-8(10)12)9(13)4-5-11/h2-3,6H,4-5H2,1H3. The smallest absolute Gasteiger partial charge is 0.163 e. The molecule has 0 saturated heterocycles. The Morgan fingerprint density at radius 1 is 1.57 bits per heavy atom. The van der Waals surface area contributed by atoms with E-state index in [-0.39, 0.29) is 5.78 Å². The largest absolute Gasteiger partial charge is 0.294 e. The Labute approximate surface area is 110 Å². The maximum absolute atomic E-state index is 11.6. The van der Waals surface area contributed by atoms with Crippen LogP contribution >= 0.6 is 50.3 Å². The Balaban J connectivity index is 2.94. The molecule has 0 aliphatic heterocycles. The summed E-state index contributed by atoms with van der Waals surface area (Å²) in [6.07, 6.45) is 2.59. The molecular weight excluding hydrogens is 375 g/mol. The van der Waals surface area contributed by atoms with Crippen LogP contribution in [0.15, 0.2) is 23.1 Å². The Bertz CT molecular complexity index is 341.